The number of carbonyl (C=O) groups excluding carboxylic acids is 2. The van der Waals surface area contributed by atoms with E-state index in [1.54, 1.807) is 11.3 Å². The fraction of sp³-hybridized carbons (Fsp3) is 0.727. The standard InChI is InChI=1S/C22H36O2S/c1-3-5-7-9-10-12-14-19(13-11-8-6-4-2)15-21-16-20(18-25-21)22(24)17-23/h16-19H,3-15H2,1-2H3. The fourth-order valence-electron chi connectivity index (χ4n) is 3.39. The largest absolute Gasteiger partial charge is 0.294 e. The van der Waals surface area contributed by atoms with Gasteiger partial charge in [-0.15, -0.1) is 11.3 Å². The summed E-state index contributed by atoms with van der Waals surface area (Å²) in [5, 5.41) is 1.84. The van der Waals surface area contributed by atoms with E-state index in [-0.39, 0.29) is 0 Å². The number of thiophene rings is 1. The van der Waals surface area contributed by atoms with Gasteiger partial charge in [-0.25, -0.2) is 0 Å². The van der Waals surface area contributed by atoms with Crippen molar-refractivity contribution in [3.8, 4) is 0 Å². The molecule has 0 saturated carbocycles. The lowest BCUT2D eigenvalue weighted by molar-refractivity contribution is -0.104. The van der Waals surface area contributed by atoms with E-state index in [0.29, 0.717) is 11.8 Å². The summed E-state index contributed by atoms with van der Waals surface area (Å²) in [4.78, 5) is 23.4. The van der Waals surface area contributed by atoms with Crippen molar-refractivity contribution in [2.24, 2.45) is 5.92 Å². The van der Waals surface area contributed by atoms with Crippen LogP contribution >= 0.6 is 11.3 Å². The highest BCUT2D eigenvalue weighted by atomic mass is 32.1. The zero-order valence-corrected chi connectivity index (χ0v) is 17.0. The first-order chi connectivity index (χ1) is 12.2. The van der Waals surface area contributed by atoms with Gasteiger partial charge in [0.15, 0.2) is 6.29 Å². The molecule has 3 heteroatoms. The molecule has 0 amide bonds. The first-order valence-corrected chi connectivity index (χ1v) is 11.2. The molecule has 1 unspecified atom stereocenters. The van der Waals surface area contributed by atoms with Crippen LogP contribution in [0, 0.1) is 5.92 Å². The van der Waals surface area contributed by atoms with Gasteiger partial charge in [0.25, 0.3) is 0 Å². The van der Waals surface area contributed by atoms with Crippen molar-refractivity contribution in [3.63, 3.8) is 0 Å². The third-order valence-electron chi connectivity index (χ3n) is 4.97. The number of hydrogen-bond acceptors (Lipinski definition) is 3. The van der Waals surface area contributed by atoms with Crippen molar-refractivity contribution < 1.29 is 9.59 Å². The Balaban J connectivity index is 2.44. The highest BCUT2D eigenvalue weighted by molar-refractivity contribution is 7.10. The van der Waals surface area contributed by atoms with Gasteiger partial charge >= 0.3 is 0 Å². The van der Waals surface area contributed by atoms with Crippen molar-refractivity contribution >= 4 is 23.4 Å². The molecule has 0 aromatic carbocycles. The lowest BCUT2D eigenvalue weighted by atomic mass is 9.91. The van der Waals surface area contributed by atoms with E-state index >= 15 is 0 Å². The minimum atomic E-state index is -0.391. The smallest absolute Gasteiger partial charge is 0.226 e. The van der Waals surface area contributed by atoms with Gasteiger partial charge in [-0.3, -0.25) is 9.59 Å². The molecule has 1 aromatic rings. The summed E-state index contributed by atoms with van der Waals surface area (Å²) in [5.41, 5.74) is 0.569. The van der Waals surface area contributed by atoms with Crippen LogP contribution in [-0.4, -0.2) is 12.1 Å². The van der Waals surface area contributed by atoms with E-state index in [0.717, 1.165) is 12.3 Å². The Hall–Kier alpha value is -0.960. The molecule has 2 nitrogen and oxygen atoms in total. The van der Waals surface area contributed by atoms with Gasteiger partial charge in [0, 0.05) is 15.8 Å². The van der Waals surface area contributed by atoms with Crippen LogP contribution in [0.4, 0.5) is 0 Å². The average molecular weight is 365 g/mol. The molecule has 1 rings (SSSR count). The van der Waals surface area contributed by atoms with Gasteiger partial charge in [-0.05, 0) is 18.4 Å². The summed E-state index contributed by atoms with van der Waals surface area (Å²) in [6.07, 6.45) is 17.4. The highest BCUT2D eigenvalue weighted by Gasteiger charge is 2.13. The normalized spacial score (nSPS) is 12.2. The van der Waals surface area contributed by atoms with Crippen molar-refractivity contribution in [2.75, 3.05) is 0 Å². The Kier molecular flexibility index (Phi) is 12.6. The van der Waals surface area contributed by atoms with Crippen LogP contribution in [0.5, 0.6) is 0 Å². The quantitative estimate of drug-likeness (QED) is 0.137. The van der Waals surface area contributed by atoms with E-state index in [2.05, 4.69) is 13.8 Å². The maximum Gasteiger partial charge on any atom is 0.226 e. The Morgan fingerprint density at radius 2 is 1.52 bits per heavy atom. The summed E-state index contributed by atoms with van der Waals surface area (Å²) >= 11 is 1.64. The maximum absolute atomic E-state index is 11.5. The lowest BCUT2D eigenvalue weighted by Gasteiger charge is -2.16. The van der Waals surface area contributed by atoms with Crippen LogP contribution in [-0.2, 0) is 11.2 Å². The number of rotatable bonds is 16. The van der Waals surface area contributed by atoms with Crippen molar-refractivity contribution in [1.82, 2.24) is 0 Å². The Labute approximate surface area is 158 Å². The van der Waals surface area contributed by atoms with Gasteiger partial charge in [-0.2, -0.15) is 0 Å². The Morgan fingerprint density at radius 1 is 0.960 bits per heavy atom. The first kappa shape index (κ1) is 22.1. The Bertz CT molecular complexity index is 478. The number of hydrogen-bond donors (Lipinski definition) is 0. The summed E-state index contributed by atoms with van der Waals surface area (Å²) in [6.45, 7) is 4.52. The molecule has 1 heterocycles. The number of carbonyl (C=O) groups is 2. The lowest BCUT2D eigenvalue weighted by Crippen LogP contribution is -2.05. The van der Waals surface area contributed by atoms with Crippen LogP contribution in [0.1, 0.15) is 106 Å². The van der Waals surface area contributed by atoms with Gasteiger partial charge in [0.05, 0.1) is 0 Å². The predicted octanol–water partition coefficient (Wildman–Crippen LogP) is 7.01. The second kappa shape index (κ2) is 14.2. The van der Waals surface area contributed by atoms with Crippen LogP contribution < -0.4 is 0 Å². The summed E-state index contributed by atoms with van der Waals surface area (Å²) in [5.74, 6) is 0.332. The topological polar surface area (TPSA) is 34.1 Å². The molecule has 0 spiro atoms. The molecule has 1 aromatic heterocycles. The van der Waals surface area contributed by atoms with Crippen molar-refractivity contribution in [2.45, 2.75) is 97.3 Å². The van der Waals surface area contributed by atoms with Gasteiger partial charge in [0.2, 0.25) is 5.78 Å². The van der Waals surface area contributed by atoms with Crippen molar-refractivity contribution in [3.05, 3.63) is 21.9 Å². The Morgan fingerprint density at radius 3 is 2.12 bits per heavy atom. The van der Waals surface area contributed by atoms with E-state index < -0.39 is 5.78 Å². The minimum Gasteiger partial charge on any atom is -0.294 e. The second-order valence-electron chi connectivity index (χ2n) is 7.26. The summed E-state index contributed by atoms with van der Waals surface area (Å²) in [6, 6.07) is 1.93. The molecule has 1 atom stereocenters. The maximum atomic E-state index is 11.5. The number of unbranched alkanes of at least 4 members (excludes halogenated alkanes) is 8. The number of aldehydes is 1. The molecule has 0 saturated heterocycles. The molecule has 0 aliphatic rings. The molecule has 142 valence electrons. The molecule has 0 fully saturated rings. The highest BCUT2D eigenvalue weighted by Crippen LogP contribution is 2.26. The second-order valence-corrected chi connectivity index (χ2v) is 8.26. The van der Waals surface area contributed by atoms with Crippen LogP contribution in [0.2, 0.25) is 0 Å². The first-order valence-electron chi connectivity index (χ1n) is 10.3. The van der Waals surface area contributed by atoms with Crippen LogP contribution in [0.15, 0.2) is 11.4 Å². The molecule has 25 heavy (non-hydrogen) atoms. The fourth-order valence-corrected chi connectivity index (χ4v) is 4.38. The van der Waals surface area contributed by atoms with E-state index in [4.69, 9.17) is 0 Å². The predicted molar refractivity (Wildman–Crippen MR) is 109 cm³/mol. The molecule has 0 aliphatic heterocycles. The average Bonchev–Trinajstić information content (AvgIpc) is 3.09. The van der Waals surface area contributed by atoms with Gasteiger partial charge in [0.1, 0.15) is 0 Å². The summed E-state index contributed by atoms with van der Waals surface area (Å²) in [7, 11) is 0. The van der Waals surface area contributed by atoms with Crippen LogP contribution in [0.3, 0.4) is 0 Å². The third kappa shape index (κ3) is 9.94. The van der Waals surface area contributed by atoms with Gasteiger partial charge < -0.3 is 0 Å². The molecule has 0 radical (unpaired) electrons. The molecule has 0 N–H and O–H groups in total. The monoisotopic (exact) mass is 364 g/mol. The molecular formula is C22H36O2S. The summed E-state index contributed by atoms with van der Waals surface area (Å²) < 4.78 is 0. The zero-order valence-electron chi connectivity index (χ0n) is 16.2. The number of ketones is 1. The van der Waals surface area contributed by atoms with E-state index in [1.807, 2.05) is 11.4 Å². The third-order valence-corrected chi connectivity index (χ3v) is 5.93. The van der Waals surface area contributed by atoms with Gasteiger partial charge in [-0.1, -0.05) is 90.9 Å². The van der Waals surface area contributed by atoms with E-state index in [9.17, 15) is 9.59 Å². The van der Waals surface area contributed by atoms with E-state index in [1.165, 1.54) is 81.9 Å². The minimum absolute atomic E-state index is 0.391. The molecule has 0 aliphatic carbocycles. The van der Waals surface area contributed by atoms with Crippen LogP contribution in [0.25, 0.3) is 0 Å². The number of Topliss-reactive ketones (excluding diaryl/α,β-unsaturated/α-hetero) is 1. The molecular weight excluding hydrogens is 328 g/mol. The zero-order chi connectivity index (χ0) is 18.3. The molecule has 0 bridgehead atoms. The SMILES string of the molecule is CCCCCCCCC(CCCCCC)Cc1cc(C(=O)C=O)cs1. The van der Waals surface area contributed by atoms with Crippen molar-refractivity contribution in [1.29, 1.82) is 0 Å².